The quantitative estimate of drug-likeness (QED) is 0.867. The Morgan fingerprint density at radius 2 is 2.17 bits per heavy atom. The lowest BCUT2D eigenvalue weighted by Crippen LogP contribution is -2.26. The molecule has 0 fully saturated rings. The number of carbonyl (C=O) groups is 1. The highest BCUT2D eigenvalue weighted by Gasteiger charge is 2.13. The zero-order valence-electron chi connectivity index (χ0n) is 10.3. The van der Waals surface area contributed by atoms with Crippen molar-refractivity contribution >= 4 is 21.8 Å². The molecule has 0 atom stereocenters. The average Bonchev–Trinajstić information content (AvgIpc) is 2.84. The molecule has 0 aliphatic rings. The van der Waals surface area contributed by atoms with Crippen molar-refractivity contribution in [2.75, 3.05) is 7.05 Å². The van der Waals surface area contributed by atoms with E-state index in [1.165, 1.54) is 0 Å². The van der Waals surface area contributed by atoms with Crippen LogP contribution in [0, 0.1) is 6.92 Å². The number of hydrogen-bond donors (Lipinski definition) is 0. The van der Waals surface area contributed by atoms with E-state index in [4.69, 9.17) is 4.42 Å². The zero-order valence-corrected chi connectivity index (χ0v) is 11.9. The number of nitrogens with zero attached hydrogens (tertiary/aromatic N) is 1. The van der Waals surface area contributed by atoms with E-state index in [0.29, 0.717) is 12.1 Å². The fourth-order valence-corrected chi connectivity index (χ4v) is 2.05. The number of benzene rings is 1. The molecule has 0 aliphatic heterocycles. The minimum Gasteiger partial charge on any atom is -0.472 e. The number of furan rings is 1. The highest BCUT2D eigenvalue weighted by molar-refractivity contribution is 9.10. The van der Waals surface area contributed by atoms with Crippen LogP contribution in [0.4, 0.5) is 0 Å². The summed E-state index contributed by atoms with van der Waals surface area (Å²) in [7, 11) is 1.78. The minimum atomic E-state index is -0.00287. The summed E-state index contributed by atoms with van der Waals surface area (Å²) >= 11 is 3.44. The number of amides is 1. The fourth-order valence-electron chi connectivity index (χ4n) is 1.67. The van der Waals surface area contributed by atoms with Gasteiger partial charge in [0.05, 0.1) is 12.5 Å². The molecule has 0 unspecified atom stereocenters. The molecule has 1 aromatic carbocycles. The Bertz CT molecular complexity index is 549. The Labute approximate surface area is 115 Å². The summed E-state index contributed by atoms with van der Waals surface area (Å²) in [6, 6.07) is 7.48. The third-order valence-electron chi connectivity index (χ3n) is 2.77. The molecule has 2 aromatic rings. The fraction of sp³-hybridized carbons (Fsp3) is 0.214. The lowest BCUT2D eigenvalue weighted by Gasteiger charge is -2.16. The molecule has 18 heavy (non-hydrogen) atoms. The normalized spacial score (nSPS) is 10.4. The van der Waals surface area contributed by atoms with Crippen LogP contribution in [0.2, 0.25) is 0 Å². The Morgan fingerprint density at radius 3 is 2.78 bits per heavy atom. The largest absolute Gasteiger partial charge is 0.472 e. The topological polar surface area (TPSA) is 33.5 Å². The molecule has 0 saturated heterocycles. The zero-order chi connectivity index (χ0) is 13.1. The highest BCUT2D eigenvalue weighted by atomic mass is 79.9. The van der Waals surface area contributed by atoms with E-state index in [1.54, 1.807) is 24.5 Å². The maximum atomic E-state index is 12.2. The van der Waals surface area contributed by atoms with E-state index in [1.807, 2.05) is 31.2 Å². The molecule has 1 amide bonds. The summed E-state index contributed by atoms with van der Waals surface area (Å²) in [4.78, 5) is 13.9. The van der Waals surface area contributed by atoms with Gasteiger partial charge in [-0.25, -0.2) is 0 Å². The van der Waals surface area contributed by atoms with Gasteiger partial charge in [0.25, 0.3) is 5.91 Å². The van der Waals surface area contributed by atoms with E-state index in [9.17, 15) is 4.79 Å². The van der Waals surface area contributed by atoms with Crippen LogP contribution in [0.1, 0.15) is 21.5 Å². The van der Waals surface area contributed by atoms with E-state index < -0.39 is 0 Å². The summed E-state index contributed by atoms with van der Waals surface area (Å²) in [5, 5.41) is 0. The van der Waals surface area contributed by atoms with Crippen LogP contribution in [-0.2, 0) is 6.54 Å². The smallest absolute Gasteiger partial charge is 0.253 e. The molecule has 94 valence electrons. The summed E-state index contributed by atoms with van der Waals surface area (Å²) in [5.41, 5.74) is 2.78. The predicted molar refractivity (Wildman–Crippen MR) is 73.4 cm³/mol. The van der Waals surface area contributed by atoms with E-state index in [0.717, 1.165) is 15.6 Å². The molecule has 1 aromatic heterocycles. The molecule has 4 heteroatoms. The molecule has 1 heterocycles. The third kappa shape index (κ3) is 2.82. The number of rotatable bonds is 3. The summed E-state index contributed by atoms with van der Waals surface area (Å²) in [6.07, 6.45) is 3.25. The van der Waals surface area contributed by atoms with Crippen molar-refractivity contribution in [3.63, 3.8) is 0 Å². The van der Waals surface area contributed by atoms with Gasteiger partial charge in [0.1, 0.15) is 0 Å². The summed E-state index contributed by atoms with van der Waals surface area (Å²) < 4.78 is 5.94. The van der Waals surface area contributed by atoms with Crippen LogP contribution >= 0.6 is 15.9 Å². The maximum Gasteiger partial charge on any atom is 0.253 e. The van der Waals surface area contributed by atoms with E-state index >= 15 is 0 Å². The van der Waals surface area contributed by atoms with Crippen LogP contribution in [-0.4, -0.2) is 17.9 Å². The number of aryl methyl sites for hydroxylation is 1. The molecule has 0 aliphatic carbocycles. The first-order valence-corrected chi connectivity index (χ1v) is 6.40. The van der Waals surface area contributed by atoms with Crippen molar-refractivity contribution in [3.05, 3.63) is 58.0 Å². The first-order chi connectivity index (χ1) is 8.58. The molecule has 3 nitrogen and oxygen atoms in total. The molecular weight excluding hydrogens is 294 g/mol. The number of halogens is 1. The highest BCUT2D eigenvalue weighted by Crippen LogP contribution is 2.19. The molecule has 0 saturated carbocycles. The minimum absolute atomic E-state index is 0.00287. The Kier molecular flexibility index (Phi) is 3.87. The first-order valence-electron chi connectivity index (χ1n) is 5.60. The Morgan fingerprint density at radius 1 is 1.39 bits per heavy atom. The van der Waals surface area contributed by atoms with Gasteiger partial charge in [-0.2, -0.15) is 0 Å². The van der Waals surface area contributed by atoms with Crippen molar-refractivity contribution in [1.29, 1.82) is 0 Å². The second-order valence-electron chi connectivity index (χ2n) is 4.26. The maximum absolute atomic E-state index is 12.2. The number of carbonyl (C=O) groups excluding carboxylic acids is 1. The van der Waals surface area contributed by atoms with Gasteiger partial charge in [-0.3, -0.25) is 4.79 Å². The lowest BCUT2D eigenvalue weighted by molar-refractivity contribution is 0.0785. The van der Waals surface area contributed by atoms with Gasteiger partial charge in [0.2, 0.25) is 0 Å². The van der Waals surface area contributed by atoms with Crippen molar-refractivity contribution in [1.82, 2.24) is 4.90 Å². The van der Waals surface area contributed by atoms with Gasteiger partial charge in [0.15, 0.2) is 0 Å². The monoisotopic (exact) mass is 307 g/mol. The molecule has 2 rings (SSSR count). The lowest BCUT2D eigenvalue weighted by atomic mass is 10.1. The predicted octanol–water partition coefficient (Wildman–Crippen LogP) is 3.62. The summed E-state index contributed by atoms with van der Waals surface area (Å²) in [6.45, 7) is 2.54. The van der Waals surface area contributed by atoms with Crippen molar-refractivity contribution in [2.45, 2.75) is 13.5 Å². The second kappa shape index (κ2) is 5.40. The number of hydrogen-bond acceptors (Lipinski definition) is 2. The standard InChI is InChI=1S/C14H14BrNO2/c1-10-3-4-12(7-13(10)15)14(17)16(2)8-11-5-6-18-9-11/h3-7,9H,8H2,1-2H3. The van der Waals surface area contributed by atoms with Crippen LogP contribution in [0.25, 0.3) is 0 Å². The molecule has 0 N–H and O–H groups in total. The second-order valence-corrected chi connectivity index (χ2v) is 5.11. The van der Waals surface area contributed by atoms with Crippen molar-refractivity contribution < 1.29 is 9.21 Å². The molecule has 0 radical (unpaired) electrons. The molecule has 0 bridgehead atoms. The van der Waals surface area contributed by atoms with Crippen LogP contribution < -0.4 is 0 Å². The van der Waals surface area contributed by atoms with Gasteiger partial charge < -0.3 is 9.32 Å². The van der Waals surface area contributed by atoms with Gasteiger partial charge in [-0.05, 0) is 30.7 Å². The molecular formula is C14H14BrNO2. The van der Waals surface area contributed by atoms with Gasteiger partial charge >= 0.3 is 0 Å². The van der Waals surface area contributed by atoms with Gasteiger partial charge in [-0.15, -0.1) is 0 Å². The third-order valence-corrected chi connectivity index (χ3v) is 3.62. The van der Waals surface area contributed by atoms with E-state index in [2.05, 4.69) is 15.9 Å². The van der Waals surface area contributed by atoms with Gasteiger partial charge in [0, 0.05) is 29.2 Å². The average molecular weight is 308 g/mol. The van der Waals surface area contributed by atoms with Crippen molar-refractivity contribution in [2.24, 2.45) is 0 Å². The van der Waals surface area contributed by atoms with Gasteiger partial charge in [-0.1, -0.05) is 22.0 Å². The molecule has 0 spiro atoms. The SMILES string of the molecule is Cc1ccc(C(=O)N(C)Cc2ccoc2)cc1Br. The van der Waals surface area contributed by atoms with Crippen LogP contribution in [0.15, 0.2) is 45.7 Å². The Balaban J connectivity index is 2.12. The Hall–Kier alpha value is -1.55. The summed E-state index contributed by atoms with van der Waals surface area (Å²) in [5.74, 6) is -0.00287. The first kappa shape index (κ1) is 12.9. The van der Waals surface area contributed by atoms with Crippen LogP contribution in [0.5, 0.6) is 0 Å². The van der Waals surface area contributed by atoms with Crippen molar-refractivity contribution in [3.8, 4) is 0 Å². The van der Waals surface area contributed by atoms with Crippen LogP contribution in [0.3, 0.4) is 0 Å². The van der Waals surface area contributed by atoms with E-state index in [-0.39, 0.29) is 5.91 Å².